The van der Waals surface area contributed by atoms with Gasteiger partial charge in [-0.15, -0.1) is 11.8 Å². The molecule has 1 unspecified atom stereocenters. The number of nitrogens with zero attached hydrogens (tertiary/aromatic N) is 2. The number of thioether (sulfide) groups is 1. The Morgan fingerprint density at radius 2 is 1.96 bits per heavy atom. The zero-order valence-electron chi connectivity index (χ0n) is 14.6. The molecule has 0 fully saturated rings. The largest absolute Gasteiger partial charge is 0.349 e. The van der Waals surface area contributed by atoms with E-state index in [-0.39, 0.29) is 28.9 Å². The standard InChI is InChI=1S/C18H26N2O2S/c1-18(2,3)12-20-14-9-7-6-8-13(14)11-23-15(17(20)22)10-16(21)19(4)5/h6-9,15H,10-12H2,1-5H3. The lowest BCUT2D eigenvalue weighted by Crippen LogP contribution is -2.43. The Labute approximate surface area is 143 Å². The Hall–Kier alpha value is -1.49. The van der Waals surface area contributed by atoms with Gasteiger partial charge < -0.3 is 9.80 Å². The van der Waals surface area contributed by atoms with Crippen LogP contribution in [0, 0.1) is 5.41 Å². The first-order valence-corrected chi connectivity index (χ1v) is 8.95. The maximum atomic E-state index is 13.1. The van der Waals surface area contributed by atoms with Gasteiger partial charge in [0.2, 0.25) is 11.8 Å². The number of amides is 2. The maximum Gasteiger partial charge on any atom is 0.240 e. The van der Waals surface area contributed by atoms with Crippen LogP contribution in [0.15, 0.2) is 24.3 Å². The van der Waals surface area contributed by atoms with Crippen LogP contribution in [0.5, 0.6) is 0 Å². The van der Waals surface area contributed by atoms with Crippen LogP contribution in [0.2, 0.25) is 0 Å². The number of hydrogen-bond donors (Lipinski definition) is 0. The number of para-hydroxylation sites is 1. The number of carbonyl (C=O) groups excluding carboxylic acids is 2. The Bertz CT molecular complexity index is 593. The van der Waals surface area contributed by atoms with Crippen LogP contribution in [0.4, 0.5) is 5.69 Å². The minimum atomic E-state index is -0.320. The van der Waals surface area contributed by atoms with Crippen molar-refractivity contribution in [3.8, 4) is 0 Å². The Balaban J connectivity index is 2.33. The third-order valence-corrected chi connectivity index (χ3v) is 5.00. The van der Waals surface area contributed by atoms with E-state index in [2.05, 4.69) is 26.8 Å². The van der Waals surface area contributed by atoms with E-state index >= 15 is 0 Å². The van der Waals surface area contributed by atoms with Crippen LogP contribution in [0.1, 0.15) is 32.8 Å². The predicted octanol–water partition coefficient (Wildman–Crippen LogP) is 3.16. The van der Waals surface area contributed by atoms with Crippen molar-refractivity contribution in [2.24, 2.45) is 5.41 Å². The zero-order valence-corrected chi connectivity index (χ0v) is 15.4. The van der Waals surface area contributed by atoms with Crippen molar-refractivity contribution in [1.82, 2.24) is 4.90 Å². The van der Waals surface area contributed by atoms with E-state index in [0.717, 1.165) is 17.0 Å². The van der Waals surface area contributed by atoms with Crippen molar-refractivity contribution in [2.45, 2.75) is 38.2 Å². The van der Waals surface area contributed by atoms with Gasteiger partial charge >= 0.3 is 0 Å². The smallest absolute Gasteiger partial charge is 0.240 e. The zero-order chi connectivity index (χ0) is 17.2. The van der Waals surface area contributed by atoms with Gasteiger partial charge in [0, 0.05) is 38.5 Å². The van der Waals surface area contributed by atoms with E-state index in [9.17, 15) is 9.59 Å². The number of hydrogen-bond acceptors (Lipinski definition) is 3. The van der Waals surface area contributed by atoms with Crippen molar-refractivity contribution in [3.63, 3.8) is 0 Å². The predicted molar refractivity (Wildman–Crippen MR) is 96.6 cm³/mol. The van der Waals surface area contributed by atoms with Gasteiger partial charge in [0.05, 0.1) is 5.25 Å². The molecule has 0 bridgehead atoms. The molecule has 1 atom stereocenters. The van der Waals surface area contributed by atoms with Gasteiger partial charge in [-0.1, -0.05) is 39.0 Å². The Kier molecular flexibility index (Phi) is 5.40. The van der Waals surface area contributed by atoms with Crippen LogP contribution in [0.25, 0.3) is 0 Å². The molecule has 0 aromatic heterocycles. The number of benzene rings is 1. The third-order valence-electron chi connectivity index (χ3n) is 3.76. The average Bonchev–Trinajstić information content (AvgIpc) is 2.58. The first-order chi connectivity index (χ1) is 10.7. The summed E-state index contributed by atoms with van der Waals surface area (Å²) in [6.45, 7) is 7.03. The average molecular weight is 334 g/mol. The molecule has 0 N–H and O–H groups in total. The lowest BCUT2D eigenvalue weighted by atomic mass is 9.95. The van der Waals surface area contributed by atoms with Crippen LogP contribution < -0.4 is 4.90 Å². The number of carbonyl (C=O) groups is 2. The molecule has 0 spiro atoms. The van der Waals surface area contributed by atoms with Crippen molar-refractivity contribution in [2.75, 3.05) is 25.5 Å². The molecule has 2 rings (SSSR count). The monoisotopic (exact) mass is 334 g/mol. The van der Waals surface area contributed by atoms with Crippen LogP contribution >= 0.6 is 11.8 Å². The van der Waals surface area contributed by atoms with Gasteiger partial charge in [-0.3, -0.25) is 9.59 Å². The summed E-state index contributed by atoms with van der Waals surface area (Å²) in [6, 6.07) is 8.05. The minimum absolute atomic E-state index is 0.00230. The topological polar surface area (TPSA) is 40.6 Å². The highest BCUT2D eigenvalue weighted by atomic mass is 32.2. The molecular weight excluding hydrogens is 308 g/mol. The second kappa shape index (κ2) is 6.95. The summed E-state index contributed by atoms with van der Waals surface area (Å²) in [5.41, 5.74) is 2.14. The van der Waals surface area contributed by atoms with Gasteiger partial charge in [-0.05, 0) is 17.0 Å². The lowest BCUT2D eigenvalue weighted by Gasteiger charge is -2.31. The number of fused-ring (bicyclic) bond motifs is 1. The molecule has 0 saturated carbocycles. The Morgan fingerprint density at radius 3 is 2.57 bits per heavy atom. The number of rotatable bonds is 3. The highest BCUT2D eigenvalue weighted by molar-refractivity contribution is 7.99. The van der Waals surface area contributed by atoms with Crippen molar-refractivity contribution in [3.05, 3.63) is 29.8 Å². The molecule has 0 radical (unpaired) electrons. The molecule has 1 aliphatic heterocycles. The van der Waals surface area contributed by atoms with Crippen LogP contribution in [-0.2, 0) is 15.3 Å². The summed E-state index contributed by atoms with van der Waals surface area (Å²) in [6.07, 6.45) is 0.255. The second-order valence-electron chi connectivity index (χ2n) is 7.41. The van der Waals surface area contributed by atoms with Gasteiger partial charge in [0.25, 0.3) is 0 Å². The molecule has 4 nitrogen and oxygen atoms in total. The maximum absolute atomic E-state index is 13.1. The second-order valence-corrected chi connectivity index (χ2v) is 8.60. The van der Waals surface area contributed by atoms with E-state index in [0.29, 0.717) is 6.54 Å². The van der Waals surface area contributed by atoms with E-state index < -0.39 is 0 Å². The van der Waals surface area contributed by atoms with Gasteiger partial charge in [0.1, 0.15) is 0 Å². The summed E-state index contributed by atoms with van der Waals surface area (Å²) in [7, 11) is 3.46. The third kappa shape index (κ3) is 4.50. The van der Waals surface area contributed by atoms with Gasteiger partial charge in [0.15, 0.2) is 0 Å². The summed E-state index contributed by atoms with van der Waals surface area (Å²) >= 11 is 1.57. The molecule has 0 saturated heterocycles. The highest BCUT2D eigenvalue weighted by Crippen LogP contribution is 2.35. The van der Waals surface area contributed by atoms with E-state index in [1.165, 1.54) is 0 Å². The summed E-state index contributed by atoms with van der Waals surface area (Å²) in [5.74, 6) is 0.802. The van der Waals surface area contributed by atoms with Crippen LogP contribution in [-0.4, -0.2) is 42.6 Å². The van der Waals surface area contributed by atoms with Crippen molar-refractivity contribution in [1.29, 1.82) is 0 Å². The number of anilines is 1. The fourth-order valence-electron chi connectivity index (χ4n) is 2.58. The molecule has 126 valence electrons. The molecular formula is C18H26N2O2S. The molecule has 1 aliphatic rings. The lowest BCUT2D eigenvalue weighted by molar-refractivity contribution is -0.130. The fraction of sp³-hybridized carbons (Fsp3) is 0.556. The first kappa shape index (κ1) is 17.9. The molecule has 23 heavy (non-hydrogen) atoms. The van der Waals surface area contributed by atoms with Crippen molar-refractivity contribution < 1.29 is 9.59 Å². The summed E-state index contributed by atoms with van der Waals surface area (Å²) in [4.78, 5) is 28.6. The molecule has 1 aromatic rings. The van der Waals surface area contributed by atoms with Gasteiger partial charge in [-0.25, -0.2) is 0 Å². The normalized spacial score (nSPS) is 18.4. The molecule has 1 heterocycles. The van der Waals surface area contributed by atoms with E-state index in [1.807, 2.05) is 23.1 Å². The highest BCUT2D eigenvalue weighted by Gasteiger charge is 2.34. The Morgan fingerprint density at radius 1 is 1.30 bits per heavy atom. The molecule has 5 heteroatoms. The van der Waals surface area contributed by atoms with E-state index in [1.54, 1.807) is 30.8 Å². The first-order valence-electron chi connectivity index (χ1n) is 7.90. The fourth-order valence-corrected chi connectivity index (χ4v) is 3.73. The molecule has 2 amide bonds. The van der Waals surface area contributed by atoms with E-state index in [4.69, 9.17) is 0 Å². The van der Waals surface area contributed by atoms with Crippen LogP contribution in [0.3, 0.4) is 0 Å². The molecule has 1 aromatic carbocycles. The van der Waals surface area contributed by atoms with Crippen molar-refractivity contribution >= 4 is 29.3 Å². The SMILES string of the molecule is CN(C)C(=O)CC1SCc2ccccc2N(CC(C)(C)C)C1=O. The van der Waals surface area contributed by atoms with Gasteiger partial charge in [-0.2, -0.15) is 0 Å². The summed E-state index contributed by atoms with van der Waals surface area (Å²) < 4.78 is 0. The minimum Gasteiger partial charge on any atom is -0.349 e. The molecule has 0 aliphatic carbocycles. The summed E-state index contributed by atoms with van der Waals surface area (Å²) in [5, 5.41) is -0.320. The quantitative estimate of drug-likeness (QED) is 0.852.